The maximum absolute atomic E-state index is 13.3. The van der Waals surface area contributed by atoms with E-state index in [0.717, 1.165) is 127 Å². The van der Waals surface area contributed by atoms with Gasteiger partial charge in [-0.3, -0.25) is 0 Å². The van der Waals surface area contributed by atoms with Gasteiger partial charge in [0, 0.05) is 83.8 Å². The lowest BCUT2D eigenvalue weighted by molar-refractivity contribution is -0.139. The first-order chi connectivity index (χ1) is 59.5. The smallest absolute Gasteiger partial charge is 0.388 e. The van der Waals surface area contributed by atoms with Crippen molar-refractivity contribution >= 4 is 33.1 Å². The van der Waals surface area contributed by atoms with Gasteiger partial charge in [0.1, 0.15) is 0 Å². The van der Waals surface area contributed by atoms with Gasteiger partial charge < -0.3 is 61.8 Å². The van der Waals surface area contributed by atoms with Gasteiger partial charge in [-0.05, 0) is 245 Å². The molecule has 19 nitrogen and oxygen atoms in total. The van der Waals surface area contributed by atoms with Gasteiger partial charge in [0.2, 0.25) is 0 Å². The molecule has 10 aliphatic rings. The van der Waals surface area contributed by atoms with E-state index in [9.17, 15) is 43.8 Å². The Balaban J connectivity index is 0.000000104. The Hall–Kier alpha value is -8.35. The molecule has 1 saturated heterocycles. The maximum Gasteiger partial charge on any atom is 0.416 e. The molecule has 10 fully saturated rings. The molecule has 6 unspecified atom stereocenters. The van der Waals surface area contributed by atoms with Crippen molar-refractivity contribution in [1.29, 1.82) is 0 Å². The molecule has 9 saturated carbocycles. The van der Waals surface area contributed by atoms with Crippen LogP contribution in [-0.2, 0) is 10.9 Å². The second-order valence-electron chi connectivity index (χ2n) is 38.0. The van der Waals surface area contributed by atoms with Crippen LogP contribution in [0.2, 0.25) is 0 Å². The van der Waals surface area contributed by atoms with Crippen LogP contribution in [0.4, 0.5) is 13.2 Å². The summed E-state index contributed by atoms with van der Waals surface area (Å²) in [7, 11) is 0. The van der Waals surface area contributed by atoms with Crippen molar-refractivity contribution in [1.82, 2.24) is 56.3 Å². The lowest BCUT2D eigenvalue weighted by Crippen LogP contribution is -2.23. The Morgan fingerprint density at radius 1 is 0.320 bits per heavy atom. The third kappa shape index (κ3) is 19.8. The number of nitrogens with zero attached hydrogens (tertiary/aromatic N) is 12. The Kier molecular flexibility index (Phi) is 27.5. The molecule has 0 spiro atoms. The number of ether oxygens (including phenoxy) is 1. The van der Waals surface area contributed by atoms with E-state index in [0.29, 0.717) is 64.7 Å². The minimum absolute atomic E-state index is 0.0330. The van der Waals surface area contributed by atoms with Gasteiger partial charge in [-0.25, -0.2) is 29.9 Å². The number of halogens is 3. The maximum atomic E-state index is 13.3. The highest BCUT2D eigenvalue weighted by Crippen LogP contribution is 2.52. The highest BCUT2D eigenvalue weighted by atomic mass is 19.4. The molecular formula is C100H129F3N12O7. The Labute approximate surface area is 715 Å². The zero-order chi connectivity index (χ0) is 84.0. The van der Waals surface area contributed by atoms with Crippen molar-refractivity contribution in [3.05, 3.63) is 215 Å². The second-order valence-corrected chi connectivity index (χ2v) is 38.0. The molecule has 122 heavy (non-hydrogen) atoms. The number of rotatable bonds is 19. The van der Waals surface area contributed by atoms with Gasteiger partial charge in [0.25, 0.3) is 0 Å². The first-order valence-electron chi connectivity index (χ1n) is 46.9. The van der Waals surface area contributed by atoms with Crippen molar-refractivity contribution in [2.45, 2.75) is 317 Å². The van der Waals surface area contributed by atoms with Gasteiger partial charge in [-0.2, -0.15) is 13.2 Å². The third-order valence-electron chi connectivity index (χ3n) is 29.1. The van der Waals surface area contributed by atoms with Crippen LogP contribution in [0.15, 0.2) is 149 Å². The van der Waals surface area contributed by atoms with Gasteiger partial charge in [0.05, 0.1) is 150 Å². The zero-order valence-electron chi connectivity index (χ0n) is 71.6. The number of alkyl halides is 3. The molecule has 13 heterocycles. The summed E-state index contributed by atoms with van der Waals surface area (Å²) in [4.78, 5) is 25.1. The number of pyridine rings is 6. The largest absolute Gasteiger partial charge is 0.416 e. The number of imidazole rings is 6. The minimum Gasteiger partial charge on any atom is -0.388 e. The van der Waals surface area contributed by atoms with E-state index in [2.05, 4.69) is 105 Å². The summed E-state index contributed by atoms with van der Waals surface area (Å²) in [6.45, 7) is 5.92. The molecule has 22 rings (SSSR count). The number of aliphatic hydroxyl groups excluding tert-OH is 6. The molecule has 0 radical (unpaired) electrons. The number of aliphatic hydroxyl groups is 6. The van der Waals surface area contributed by atoms with Gasteiger partial charge in [0.15, 0.2) is 0 Å². The van der Waals surface area contributed by atoms with E-state index < -0.39 is 23.9 Å². The van der Waals surface area contributed by atoms with Crippen LogP contribution in [-0.4, -0.2) is 100 Å². The van der Waals surface area contributed by atoms with E-state index in [4.69, 9.17) is 4.74 Å². The van der Waals surface area contributed by atoms with Crippen LogP contribution >= 0.6 is 0 Å². The zero-order valence-corrected chi connectivity index (χ0v) is 71.6. The molecule has 22 heteroatoms. The molecule has 6 N–H and O–H groups in total. The average molecular weight is 1670 g/mol. The predicted octanol–water partition coefficient (Wildman–Crippen LogP) is 22.6. The van der Waals surface area contributed by atoms with Gasteiger partial charge >= 0.3 is 6.18 Å². The predicted molar refractivity (Wildman–Crippen MR) is 469 cm³/mol. The van der Waals surface area contributed by atoms with E-state index in [1.807, 2.05) is 84.6 Å². The van der Waals surface area contributed by atoms with Crippen LogP contribution in [0.25, 0.3) is 33.1 Å². The summed E-state index contributed by atoms with van der Waals surface area (Å²) in [5.74, 6) is 5.51. The van der Waals surface area contributed by atoms with Crippen molar-refractivity contribution in [2.75, 3.05) is 13.2 Å². The fourth-order valence-corrected chi connectivity index (χ4v) is 21.8. The quantitative estimate of drug-likeness (QED) is 0.0443. The Bertz CT molecular complexity index is 5170. The summed E-state index contributed by atoms with van der Waals surface area (Å²) >= 11 is 0. The molecule has 0 aromatic carbocycles. The monoisotopic (exact) mass is 1670 g/mol. The standard InChI is InChI=1S/C18H24N2O.C18H26N2O.C17H22N2O.C16H20N2O2.C16H20N2O.C15H17F3N2O/c21-17(10-13-4-2-1-3-5-13)18-15(14-6-7-14)8-9-20-12-19-11-16(18)20;1-13(2)15-8-9-20-12-19-11-16(20)18(15)17(21)10-14-6-4-3-5-7-14;20-17(13-4-2-1-3-5-13)16-14(12-6-7-12)8-9-19-11-18-10-15(16)19;19-16(12-4-7-20-8-5-12)15-13(11-1-2-11)3-6-18-10-17-9-14(15)18;19-16(12-3-1-2-4-12)15-13(11-5-6-11)7-8-18-10-17-9-14(15)18;16-15(17,18)11-6-7-20-9-19-8-12(20)13(11)14(21)10-4-2-1-3-5-10/h8-9,11-14,17,21H,1-7,10H2;8-9,11-14,17,21H,3-7,10H2,1-2H3;8-13,17,20H,1-7H2;3,6,9-12,16,19H,1-2,4-5,7-8H2;7-12,16,19H,1-6H2;6-10,14,21H,1-5H2. The van der Waals surface area contributed by atoms with E-state index >= 15 is 0 Å². The molecule has 6 atom stereocenters. The first-order valence-corrected chi connectivity index (χ1v) is 46.9. The van der Waals surface area contributed by atoms with Crippen LogP contribution in [0.3, 0.4) is 0 Å². The molecule has 652 valence electrons. The van der Waals surface area contributed by atoms with E-state index in [1.54, 1.807) is 0 Å². The molecule has 12 aromatic rings. The lowest BCUT2D eigenvalue weighted by atomic mass is 9.81. The molecule has 9 aliphatic carbocycles. The topological polar surface area (TPSA) is 234 Å². The molecule has 0 amide bonds. The van der Waals surface area contributed by atoms with Crippen LogP contribution < -0.4 is 0 Å². The Morgan fingerprint density at radius 3 is 0.910 bits per heavy atom. The average Bonchev–Trinajstić information content (AvgIpc) is 1.64. The van der Waals surface area contributed by atoms with Gasteiger partial charge in [-0.15, -0.1) is 0 Å². The highest BCUT2D eigenvalue weighted by Gasteiger charge is 2.41. The number of fused-ring (bicyclic) bond motifs is 6. The van der Waals surface area contributed by atoms with Crippen molar-refractivity contribution in [3.63, 3.8) is 0 Å². The first kappa shape index (κ1) is 85.8. The van der Waals surface area contributed by atoms with Crippen molar-refractivity contribution in [3.8, 4) is 0 Å². The van der Waals surface area contributed by atoms with E-state index in [1.165, 1.54) is 230 Å². The Morgan fingerprint density at radius 2 is 0.582 bits per heavy atom. The summed E-state index contributed by atoms with van der Waals surface area (Å²) < 4.78 is 56.9. The van der Waals surface area contributed by atoms with Crippen LogP contribution in [0.5, 0.6) is 0 Å². The summed E-state index contributed by atoms with van der Waals surface area (Å²) in [5, 5.41) is 65.1. The second kappa shape index (κ2) is 39.0. The third-order valence-corrected chi connectivity index (χ3v) is 29.1. The lowest BCUT2D eigenvalue weighted by Gasteiger charge is -2.29. The number of hydrogen-bond donors (Lipinski definition) is 6. The molecule has 0 bridgehead atoms. The molecular weight excluding hydrogens is 1540 g/mol. The van der Waals surface area contributed by atoms with Crippen molar-refractivity contribution in [2.24, 2.45) is 35.5 Å². The summed E-state index contributed by atoms with van der Waals surface area (Å²) in [6, 6.07) is 11.9. The highest BCUT2D eigenvalue weighted by molar-refractivity contribution is 5.64. The fraction of sp³-hybridized carbons (Fsp3) is 0.580. The number of hydrogen-bond acceptors (Lipinski definition) is 13. The normalized spacial score (nSPS) is 21.0. The fourth-order valence-electron chi connectivity index (χ4n) is 21.8. The van der Waals surface area contributed by atoms with Crippen LogP contribution in [0.1, 0.15) is 378 Å². The summed E-state index contributed by atoms with van der Waals surface area (Å²) in [6.07, 6.45) is 68.5. The number of aromatic nitrogens is 12. The molecule has 12 aromatic heterocycles. The SMILES string of the molecule is CC(C)c1ccn2cncc2c1C(O)CC1CCCCC1.OC(CC1CCCCC1)c1c(C2CC2)ccn2cncc12.OC(c1c(C(F)(F)F)ccn2cncc12)C1CCCCC1.OC(c1c(C2CC2)ccn2cncc12)C1CCCC1.OC(c1c(C2CC2)ccn2cncc12)C1CCCCC1.OC(c1c(C2CC2)ccn2cncc12)C1CCOCC1. The minimum atomic E-state index is -4.48. The van der Waals surface area contributed by atoms with Crippen molar-refractivity contribution < 1.29 is 48.5 Å². The van der Waals surface area contributed by atoms with E-state index in [-0.39, 0.29) is 35.9 Å². The van der Waals surface area contributed by atoms with Gasteiger partial charge in [-0.1, -0.05) is 129 Å². The van der Waals surface area contributed by atoms with Crippen LogP contribution in [0, 0.1) is 35.5 Å². The molecule has 1 aliphatic heterocycles. The summed E-state index contributed by atoms with van der Waals surface area (Å²) in [5.41, 5.74) is 17.4.